The molecule has 0 amide bonds. The van der Waals surface area contributed by atoms with Gasteiger partial charge in [0.1, 0.15) is 5.76 Å². The molecule has 0 aliphatic carbocycles. The van der Waals surface area contributed by atoms with Crippen LogP contribution in [0.1, 0.15) is 54.0 Å². The Bertz CT molecular complexity index is 644. The molecule has 0 spiro atoms. The molecule has 0 saturated heterocycles. The lowest BCUT2D eigenvalue weighted by molar-refractivity contribution is 0.0819. The molecule has 1 aliphatic rings. The van der Waals surface area contributed by atoms with Crippen molar-refractivity contribution in [2.24, 2.45) is 0 Å². The predicted molar refractivity (Wildman–Crippen MR) is 76.0 cm³/mol. The molecule has 0 bridgehead atoms. The second-order valence-electron chi connectivity index (χ2n) is 5.39. The van der Waals surface area contributed by atoms with Crippen LogP contribution in [-0.2, 0) is 0 Å². The van der Waals surface area contributed by atoms with Gasteiger partial charge in [-0.15, -0.1) is 0 Å². The van der Waals surface area contributed by atoms with Gasteiger partial charge in [0.25, 0.3) is 0 Å². The molecule has 2 heterocycles. The van der Waals surface area contributed by atoms with Crippen molar-refractivity contribution < 1.29 is 13.9 Å². The maximum absolute atomic E-state index is 12.3. The molecule has 2 aromatic rings. The van der Waals surface area contributed by atoms with E-state index >= 15 is 0 Å². The number of ketones is 1. The molecule has 0 radical (unpaired) electrons. The van der Waals surface area contributed by atoms with Gasteiger partial charge < -0.3 is 14.9 Å². The number of nitrogen functional groups attached to an aromatic ring is 1. The minimum absolute atomic E-state index is 0.0434. The number of ether oxygens (including phenoxy) is 1. The number of Topliss-reactive ketones (excluding diaryl/α,β-unsaturated/α-hetero) is 1. The van der Waals surface area contributed by atoms with E-state index in [0.29, 0.717) is 28.7 Å². The Morgan fingerprint density at radius 1 is 1.35 bits per heavy atom. The number of rotatable bonds is 2. The van der Waals surface area contributed by atoms with Crippen molar-refractivity contribution in [3.63, 3.8) is 0 Å². The summed E-state index contributed by atoms with van der Waals surface area (Å²) in [4.78, 5) is 12.3. The molecule has 1 aliphatic heterocycles. The average molecular weight is 271 g/mol. The van der Waals surface area contributed by atoms with Gasteiger partial charge in [0.15, 0.2) is 17.6 Å². The quantitative estimate of drug-likeness (QED) is 0.846. The van der Waals surface area contributed by atoms with Gasteiger partial charge in [0.05, 0.1) is 23.9 Å². The van der Waals surface area contributed by atoms with Gasteiger partial charge in [0.2, 0.25) is 0 Å². The summed E-state index contributed by atoms with van der Waals surface area (Å²) in [7, 11) is 0. The Hall–Kier alpha value is -2.23. The minimum atomic E-state index is -0.391. The first-order chi connectivity index (χ1) is 9.56. The predicted octanol–water partition coefficient (Wildman–Crippen LogP) is 3.69. The molecule has 20 heavy (non-hydrogen) atoms. The lowest BCUT2D eigenvalue weighted by Crippen LogP contribution is -2.21. The third-order valence-electron chi connectivity index (χ3n) is 3.60. The van der Waals surface area contributed by atoms with E-state index in [-0.39, 0.29) is 12.2 Å². The molecule has 0 saturated carbocycles. The number of nitrogens with two attached hydrogens (primary N) is 1. The van der Waals surface area contributed by atoms with Gasteiger partial charge in [-0.2, -0.15) is 0 Å². The van der Waals surface area contributed by atoms with Crippen LogP contribution in [0.4, 0.5) is 5.69 Å². The van der Waals surface area contributed by atoms with Gasteiger partial charge in [0, 0.05) is 0 Å². The van der Waals surface area contributed by atoms with E-state index in [4.69, 9.17) is 14.9 Å². The largest absolute Gasteiger partial charge is 0.479 e. The van der Waals surface area contributed by atoms with E-state index in [1.54, 1.807) is 12.3 Å². The first kappa shape index (κ1) is 12.8. The van der Waals surface area contributed by atoms with Crippen molar-refractivity contribution in [3.05, 3.63) is 47.4 Å². The third kappa shape index (κ3) is 2.07. The molecule has 0 fully saturated rings. The summed E-state index contributed by atoms with van der Waals surface area (Å²) in [5.41, 5.74) is 8.19. The average Bonchev–Trinajstić information content (AvgIpc) is 2.93. The topological polar surface area (TPSA) is 65.5 Å². The number of carbonyl (C=O) groups is 1. The highest BCUT2D eigenvalue weighted by Crippen LogP contribution is 2.40. The Kier molecular flexibility index (Phi) is 3.01. The first-order valence-corrected chi connectivity index (χ1v) is 6.73. The fraction of sp³-hybridized carbons (Fsp3) is 0.312. The summed E-state index contributed by atoms with van der Waals surface area (Å²) in [6, 6.07) is 7.35. The third-order valence-corrected chi connectivity index (χ3v) is 3.60. The summed E-state index contributed by atoms with van der Waals surface area (Å²) in [6.07, 6.45) is 1.46. The van der Waals surface area contributed by atoms with Crippen molar-refractivity contribution in [2.75, 3.05) is 5.73 Å². The smallest absolute Gasteiger partial charge is 0.170 e. The molecular formula is C16H17NO3. The monoisotopic (exact) mass is 271 g/mol. The van der Waals surface area contributed by atoms with E-state index in [2.05, 4.69) is 13.8 Å². The lowest BCUT2D eigenvalue weighted by Gasteiger charge is -2.26. The zero-order chi connectivity index (χ0) is 14.3. The number of benzene rings is 1. The van der Waals surface area contributed by atoms with Crippen molar-refractivity contribution >= 4 is 11.5 Å². The molecular weight excluding hydrogens is 254 g/mol. The first-order valence-electron chi connectivity index (χ1n) is 6.73. The Labute approximate surface area is 117 Å². The molecule has 1 unspecified atom stereocenters. The minimum Gasteiger partial charge on any atom is -0.479 e. The number of carbonyl (C=O) groups excluding carboxylic acids is 1. The van der Waals surface area contributed by atoms with Crippen molar-refractivity contribution in [1.82, 2.24) is 0 Å². The Morgan fingerprint density at radius 3 is 2.80 bits per heavy atom. The van der Waals surface area contributed by atoms with Crippen molar-refractivity contribution in [1.29, 1.82) is 0 Å². The SMILES string of the molecule is CC(C)c1cc(N)c2c(c1)C(=O)CC(c1ccco1)O2. The van der Waals surface area contributed by atoms with E-state index in [0.717, 1.165) is 5.56 Å². The number of furan rings is 1. The van der Waals surface area contributed by atoms with Crippen LogP contribution >= 0.6 is 0 Å². The zero-order valence-corrected chi connectivity index (χ0v) is 11.6. The Morgan fingerprint density at radius 2 is 2.15 bits per heavy atom. The molecule has 4 heteroatoms. The van der Waals surface area contributed by atoms with Gasteiger partial charge in [-0.3, -0.25) is 4.79 Å². The van der Waals surface area contributed by atoms with Crippen LogP contribution in [0.25, 0.3) is 0 Å². The second-order valence-corrected chi connectivity index (χ2v) is 5.39. The highest BCUT2D eigenvalue weighted by Gasteiger charge is 2.31. The number of anilines is 1. The van der Waals surface area contributed by atoms with Gasteiger partial charge in [-0.25, -0.2) is 0 Å². The summed E-state index contributed by atoms with van der Waals surface area (Å²) in [5, 5.41) is 0. The van der Waals surface area contributed by atoms with Gasteiger partial charge >= 0.3 is 0 Å². The van der Waals surface area contributed by atoms with Crippen LogP contribution in [0.5, 0.6) is 5.75 Å². The van der Waals surface area contributed by atoms with Crippen LogP contribution in [0, 0.1) is 0 Å². The molecule has 1 aromatic carbocycles. The lowest BCUT2D eigenvalue weighted by atomic mass is 9.93. The second kappa shape index (κ2) is 4.71. The van der Waals surface area contributed by atoms with E-state index in [1.807, 2.05) is 18.2 Å². The zero-order valence-electron chi connectivity index (χ0n) is 11.6. The number of fused-ring (bicyclic) bond motifs is 1. The van der Waals surface area contributed by atoms with Crippen LogP contribution in [0.3, 0.4) is 0 Å². The molecule has 3 rings (SSSR count). The van der Waals surface area contributed by atoms with Crippen molar-refractivity contribution in [3.8, 4) is 5.75 Å². The summed E-state index contributed by atoms with van der Waals surface area (Å²) in [6.45, 7) is 4.14. The number of hydrogen-bond donors (Lipinski definition) is 1. The Balaban J connectivity index is 2.03. The maximum Gasteiger partial charge on any atom is 0.170 e. The van der Waals surface area contributed by atoms with Gasteiger partial charge in [-0.1, -0.05) is 13.8 Å². The fourth-order valence-corrected chi connectivity index (χ4v) is 2.44. The standard InChI is InChI=1S/C16H17NO3/c1-9(2)10-6-11-13(18)8-15(14-4-3-5-19-14)20-16(11)12(17)7-10/h3-7,9,15H,8,17H2,1-2H3. The maximum atomic E-state index is 12.3. The van der Waals surface area contributed by atoms with E-state index in [1.165, 1.54) is 0 Å². The normalized spacial score (nSPS) is 17.9. The summed E-state index contributed by atoms with van der Waals surface area (Å²) >= 11 is 0. The van der Waals surface area contributed by atoms with Crippen LogP contribution in [-0.4, -0.2) is 5.78 Å². The highest BCUT2D eigenvalue weighted by molar-refractivity contribution is 6.01. The van der Waals surface area contributed by atoms with Crippen molar-refractivity contribution in [2.45, 2.75) is 32.3 Å². The molecule has 104 valence electrons. The molecule has 1 atom stereocenters. The van der Waals surface area contributed by atoms with Crippen LogP contribution in [0.15, 0.2) is 34.9 Å². The summed E-state index contributed by atoms with van der Waals surface area (Å²) in [5.74, 6) is 1.49. The highest BCUT2D eigenvalue weighted by atomic mass is 16.5. The van der Waals surface area contributed by atoms with Crippen LogP contribution < -0.4 is 10.5 Å². The summed E-state index contributed by atoms with van der Waals surface area (Å²) < 4.78 is 11.2. The molecule has 4 nitrogen and oxygen atoms in total. The molecule has 1 aromatic heterocycles. The molecule has 2 N–H and O–H groups in total. The van der Waals surface area contributed by atoms with E-state index < -0.39 is 6.10 Å². The van der Waals surface area contributed by atoms with Gasteiger partial charge in [-0.05, 0) is 35.7 Å². The van der Waals surface area contributed by atoms with Crippen LogP contribution in [0.2, 0.25) is 0 Å². The van der Waals surface area contributed by atoms with E-state index in [9.17, 15) is 4.79 Å². The number of hydrogen-bond acceptors (Lipinski definition) is 4. The fourth-order valence-electron chi connectivity index (χ4n) is 2.44.